The summed E-state index contributed by atoms with van der Waals surface area (Å²) in [4.78, 5) is 39.7. The van der Waals surface area contributed by atoms with Crippen molar-refractivity contribution >= 4 is 35.3 Å². The van der Waals surface area contributed by atoms with E-state index < -0.39 is 11.9 Å². The lowest BCUT2D eigenvalue weighted by molar-refractivity contribution is -0.134. The van der Waals surface area contributed by atoms with Crippen LogP contribution in [0, 0.1) is 5.92 Å². The minimum absolute atomic E-state index is 0.107. The number of hydrogen-bond acceptors (Lipinski definition) is 7. The molecule has 0 saturated carbocycles. The first-order chi connectivity index (χ1) is 14.4. The predicted molar refractivity (Wildman–Crippen MR) is 112 cm³/mol. The zero-order chi connectivity index (χ0) is 21.7. The first-order valence-corrected chi connectivity index (χ1v) is 10.4. The second-order valence-electron chi connectivity index (χ2n) is 6.82. The minimum Gasteiger partial charge on any atom is -0.416 e. The van der Waals surface area contributed by atoms with E-state index in [2.05, 4.69) is 22.1 Å². The van der Waals surface area contributed by atoms with Gasteiger partial charge in [0.25, 0.3) is 5.22 Å². The Balaban J connectivity index is 1.58. The van der Waals surface area contributed by atoms with Crippen molar-refractivity contribution < 1.29 is 18.8 Å². The van der Waals surface area contributed by atoms with Crippen LogP contribution in [-0.2, 0) is 16.0 Å². The van der Waals surface area contributed by atoms with Gasteiger partial charge in [-0.05, 0) is 19.1 Å². The molecule has 158 valence electrons. The number of para-hydroxylation sites is 1. The Hall–Kier alpha value is -3.14. The number of thioether (sulfide) groups is 1. The molecule has 2 atom stereocenters. The number of hydrogen-bond donors (Lipinski definition) is 1. The maximum atomic E-state index is 12.6. The molecular formula is C20H23N5O4S. The Morgan fingerprint density at radius 2 is 2.07 bits per heavy atom. The van der Waals surface area contributed by atoms with E-state index in [1.54, 1.807) is 18.9 Å². The molecule has 2 heterocycles. The van der Waals surface area contributed by atoms with Gasteiger partial charge in [0.1, 0.15) is 0 Å². The van der Waals surface area contributed by atoms with Crippen molar-refractivity contribution in [2.75, 3.05) is 24.2 Å². The third-order valence-electron chi connectivity index (χ3n) is 4.77. The maximum Gasteiger partial charge on any atom is 0.324 e. The largest absolute Gasteiger partial charge is 0.416 e. The average molecular weight is 430 g/mol. The SMILES string of the molecule is C=CCN1C(=O)NC(C)C(Cc2nnc(SCC(=O)N(C)c3ccccc3)o2)C1=O. The van der Waals surface area contributed by atoms with Crippen LogP contribution in [0.25, 0.3) is 0 Å². The standard InChI is InChI=1S/C20H23N5O4S/c1-4-10-25-18(27)15(13(2)21-19(25)28)11-16-22-23-20(29-16)30-12-17(26)24(3)14-8-6-5-7-9-14/h4-9,13,15H,1,10-12H2,2-3H3,(H,21,28). The number of benzene rings is 1. The summed E-state index contributed by atoms with van der Waals surface area (Å²) in [5, 5.41) is 11.0. The van der Waals surface area contributed by atoms with Gasteiger partial charge in [-0.2, -0.15) is 0 Å². The molecule has 9 nitrogen and oxygen atoms in total. The first kappa shape index (κ1) is 21.6. The molecule has 1 saturated heterocycles. The van der Waals surface area contributed by atoms with Crippen molar-refractivity contribution in [3.63, 3.8) is 0 Å². The highest BCUT2D eigenvalue weighted by atomic mass is 32.2. The number of carbonyl (C=O) groups excluding carboxylic acids is 3. The summed E-state index contributed by atoms with van der Waals surface area (Å²) < 4.78 is 5.61. The topological polar surface area (TPSA) is 109 Å². The number of nitrogens with one attached hydrogen (secondary N) is 1. The Morgan fingerprint density at radius 3 is 2.77 bits per heavy atom. The van der Waals surface area contributed by atoms with Crippen LogP contribution < -0.4 is 10.2 Å². The van der Waals surface area contributed by atoms with Gasteiger partial charge in [-0.3, -0.25) is 14.5 Å². The van der Waals surface area contributed by atoms with Gasteiger partial charge in [-0.1, -0.05) is 36.0 Å². The molecule has 3 rings (SSSR count). The Labute approximate surface area is 178 Å². The van der Waals surface area contributed by atoms with Crippen molar-refractivity contribution in [1.29, 1.82) is 0 Å². The lowest BCUT2D eigenvalue weighted by atomic mass is 9.93. The van der Waals surface area contributed by atoms with E-state index in [-0.39, 0.29) is 47.7 Å². The van der Waals surface area contributed by atoms with Crippen LogP contribution in [0.4, 0.5) is 10.5 Å². The molecule has 0 spiro atoms. The van der Waals surface area contributed by atoms with E-state index in [4.69, 9.17) is 4.42 Å². The second-order valence-corrected chi connectivity index (χ2v) is 7.75. The molecule has 1 aliphatic rings. The number of nitrogens with zero attached hydrogens (tertiary/aromatic N) is 4. The quantitative estimate of drug-likeness (QED) is 0.506. The van der Waals surface area contributed by atoms with Gasteiger partial charge in [0.15, 0.2) is 0 Å². The lowest BCUT2D eigenvalue weighted by Gasteiger charge is -2.34. The summed E-state index contributed by atoms with van der Waals surface area (Å²) in [5.74, 6) is -0.523. The smallest absolute Gasteiger partial charge is 0.324 e. The molecule has 1 N–H and O–H groups in total. The van der Waals surface area contributed by atoms with E-state index in [9.17, 15) is 14.4 Å². The van der Waals surface area contributed by atoms with E-state index in [0.717, 1.165) is 22.3 Å². The zero-order valence-electron chi connectivity index (χ0n) is 16.8. The Morgan fingerprint density at radius 1 is 1.33 bits per heavy atom. The van der Waals surface area contributed by atoms with E-state index in [1.165, 1.54) is 6.08 Å². The van der Waals surface area contributed by atoms with Crippen molar-refractivity contribution in [2.24, 2.45) is 5.92 Å². The normalized spacial score (nSPS) is 18.8. The maximum absolute atomic E-state index is 12.6. The van der Waals surface area contributed by atoms with Gasteiger partial charge in [0, 0.05) is 31.7 Å². The molecule has 1 fully saturated rings. The highest BCUT2D eigenvalue weighted by molar-refractivity contribution is 7.99. The van der Waals surface area contributed by atoms with Crippen molar-refractivity contribution in [2.45, 2.75) is 24.6 Å². The fourth-order valence-electron chi connectivity index (χ4n) is 3.04. The van der Waals surface area contributed by atoms with E-state index in [0.29, 0.717) is 0 Å². The van der Waals surface area contributed by atoms with Gasteiger partial charge < -0.3 is 14.6 Å². The summed E-state index contributed by atoms with van der Waals surface area (Å²) in [6, 6.07) is 8.51. The van der Waals surface area contributed by atoms with Gasteiger partial charge in [-0.15, -0.1) is 16.8 Å². The molecule has 0 bridgehead atoms. The van der Waals surface area contributed by atoms with Crippen LogP contribution in [-0.4, -0.2) is 58.3 Å². The van der Waals surface area contributed by atoms with Gasteiger partial charge in [-0.25, -0.2) is 4.79 Å². The molecule has 1 aromatic heterocycles. The summed E-state index contributed by atoms with van der Waals surface area (Å²) >= 11 is 1.14. The minimum atomic E-state index is -0.521. The fraction of sp³-hybridized carbons (Fsp3) is 0.350. The third-order valence-corrected chi connectivity index (χ3v) is 5.58. The Bertz CT molecular complexity index is 932. The van der Waals surface area contributed by atoms with Crippen LogP contribution in [0.5, 0.6) is 0 Å². The molecule has 1 aliphatic heterocycles. The number of aromatic nitrogens is 2. The van der Waals surface area contributed by atoms with Gasteiger partial charge in [0.2, 0.25) is 17.7 Å². The molecule has 0 radical (unpaired) electrons. The second kappa shape index (κ2) is 9.57. The van der Waals surface area contributed by atoms with Gasteiger partial charge >= 0.3 is 6.03 Å². The van der Waals surface area contributed by atoms with E-state index >= 15 is 0 Å². The van der Waals surface area contributed by atoms with Gasteiger partial charge in [0.05, 0.1) is 11.7 Å². The van der Waals surface area contributed by atoms with Crippen LogP contribution in [0.15, 0.2) is 52.6 Å². The van der Waals surface area contributed by atoms with Crippen molar-refractivity contribution in [1.82, 2.24) is 20.4 Å². The van der Waals surface area contributed by atoms with E-state index in [1.807, 2.05) is 30.3 Å². The highest BCUT2D eigenvalue weighted by Gasteiger charge is 2.39. The number of carbonyl (C=O) groups is 3. The highest BCUT2D eigenvalue weighted by Crippen LogP contribution is 2.23. The van der Waals surface area contributed by atoms with Crippen LogP contribution >= 0.6 is 11.8 Å². The summed E-state index contributed by atoms with van der Waals surface area (Å²) in [6.45, 7) is 5.47. The fourth-order valence-corrected chi connectivity index (χ4v) is 3.73. The average Bonchev–Trinajstić information content (AvgIpc) is 3.20. The predicted octanol–water partition coefficient (Wildman–Crippen LogP) is 2.11. The monoisotopic (exact) mass is 429 g/mol. The number of amides is 4. The molecule has 1 aromatic carbocycles. The zero-order valence-corrected chi connectivity index (χ0v) is 17.6. The van der Waals surface area contributed by atoms with Crippen molar-refractivity contribution in [3.8, 4) is 0 Å². The third kappa shape index (κ3) is 4.88. The molecule has 0 aliphatic carbocycles. The molecule has 2 unspecified atom stereocenters. The first-order valence-electron chi connectivity index (χ1n) is 9.40. The lowest BCUT2D eigenvalue weighted by Crippen LogP contribution is -2.59. The molecule has 4 amide bonds. The number of urea groups is 1. The summed E-state index contributed by atoms with van der Waals surface area (Å²) in [5.41, 5.74) is 0.797. The number of anilines is 1. The number of rotatable bonds is 8. The summed E-state index contributed by atoms with van der Waals surface area (Å²) in [7, 11) is 1.71. The molecule has 2 aromatic rings. The molecule has 30 heavy (non-hydrogen) atoms. The van der Waals surface area contributed by atoms with Crippen molar-refractivity contribution in [3.05, 3.63) is 48.9 Å². The molecular weight excluding hydrogens is 406 g/mol. The molecule has 10 heteroatoms. The van der Waals surface area contributed by atoms with Crippen LogP contribution in [0.2, 0.25) is 0 Å². The summed E-state index contributed by atoms with van der Waals surface area (Å²) in [6.07, 6.45) is 1.69. The number of imide groups is 1. The Kier molecular flexibility index (Phi) is 6.88. The van der Waals surface area contributed by atoms with Crippen LogP contribution in [0.3, 0.4) is 0 Å². The van der Waals surface area contributed by atoms with Crippen LogP contribution in [0.1, 0.15) is 12.8 Å².